The molecular weight excluding hydrogens is 262 g/mol. The summed E-state index contributed by atoms with van der Waals surface area (Å²) in [7, 11) is 0. The van der Waals surface area contributed by atoms with Crippen LogP contribution < -0.4 is 5.73 Å². The van der Waals surface area contributed by atoms with E-state index in [2.05, 4.69) is 6.92 Å². The number of benzene rings is 1. The van der Waals surface area contributed by atoms with Gasteiger partial charge in [0.2, 0.25) is 0 Å². The summed E-state index contributed by atoms with van der Waals surface area (Å²) in [6.45, 7) is 4.20. The average Bonchev–Trinajstić information content (AvgIpc) is 3.26. The van der Waals surface area contributed by atoms with Crippen molar-refractivity contribution in [3.63, 3.8) is 0 Å². The molecule has 0 bridgehead atoms. The minimum Gasteiger partial charge on any atom is -0.462 e. The van der Waals surface area contributed by atoms with Gasteiger partial charge < -0.3 is 10.5 Å². The molecular formula is C18H27NO2. The Hall–Kier alpha value is -1.51. The Balaban J connectivity index is 1.86. The van der Waals surface area contributed by atoms with E-state index in [0.717, 1.165) is 36.9 Å². The van der Waals surface area contributed by atoms with Gasteiger partial charge in [0, 0.05) is 5.69 Å². The fourth-order valence-electron chi connectivity index (χ4n) is 2.75. The maximum Gasteiger partial charge on any atom is 0.316 e. The lowest BCUT2D eigenvalue weighted by Gasteiger charge is -2.19. The van der Waals surface area contributed by atoms with E-state index in [0.29, 0.717) is 0 Å². The van der Waals surface area contributed by atoms with Gasteiger partial charge in [-0.2, -0.15) is 0 Å². The molecule has 3 nitrogen and oxygen atoms in total. The van der Waals surface area contributed by atoms with Gasteiger partial charge in [-0.3, -0.25) is 4.79 Å². The van der Waals surface area contributed by atoms with Crippen LogP contribution in [0.5, 0.6) is 0 Å². The highest BCUT2D eigenvalue weighted by Gasteiger charge is 2.53. The third-order valence-electron chi connectivity index (χ3n) is 4.38. The van der Waals surface area contributed by atoms with Crippen molar-refractivity contribution in [2.24, 2.45) is 0 Å². The molecule has 0 amide bonds. The smallest absolute Gasteiger partial charge is 0.316 e. The first-order valence-corrected chi connectivity index (χ1v) is 8.15. The topological polar surface area (TPSA) is 52.3 Å². The molecule has 116 valence electrons. The number of anilines is 1. The summed E-state index contributed by atoms with van der Waals surface area (Å²) in [5.41, 5.74) is 7.08. The Morgan fingerprint density at radius 3 is 2.48 bits per heavy atom. The molecule has 1 fully saturated rings. The minimum atomic E-state index is -0.397. The normalized spacial score (nSPS) is 17.2. The molecule has 21 heavy (non-hydrogen) atoms. The first-order valence-electron chi connectivity index (χ1n) is 8.15. The predicted octanol–water partition coefficient (Wildman–Crippen LogP) is 4.20. The highest BCUT2D eigenvalue weighted by molar-refractivity contribution is 5.86. The molecule has 0 aliphatic heterocycles. The molecule has 1 aliphatic rings. The number of hydrogen-bond donors (Lipinski definition) is 1. The summed E-state index contributed by atoms with van der Waals surface area (Å²) >= 11 is 0. The fourth-order valence-corrected chi connectivity index (χ4v) is 2.75. The summed E-state index contributed by atoms with van der Waals surface area (Å²) < 4.78 is 5.67. The van der Waals surface area contributed by atoms with E-state index in [4.69, 9.17) is 10.5 Å². The number of ether oxygens (including phenoxy) is 1. The quantitative estimate of drug-likeness (QED) is 0.443. The van der Waals surface area contributed by atoms with Crippen molar-refractivity contribution >= 4 is 11.7 Å². The summed E-state index contributed by atoms with van der Waals surface area (Å²) in [5.74, 6) is -0.0599. The van der Waals surface area contributed by atoms with Gasteiger partial charge in [-0.05, 0) is 50.3 Å². The van der Waals surface area contributed by atoms with Gasteiger partial charge in [-0.25, -0.2) is 0 Å². The summed E-state index contributed by atoms with van der Waals surface area (Å²) in [4.78, 5) is 12.5. The second-order valence-electron chi connectivity index (χ2n) is 6.27. The lowest BCUT2D eigenvalue weighted by atomic mass is 9.96. The van der Waals surface area contributed by atoms with Gasteiger partial charge in [0.25, 0.3) is 0 Å². The van der Waals surface area contributed by atoms with Crippen LogP contribution in [0.2, 0.25) is 0 Å². The average molecular weight is 289 g/mol. The van der Waals surface area contributed by atoms with E-state index in [1.165, 1.54) is 19.3 Å². The van der Waals surface area contributed by atoms with Crippen molar-refractivity contribution in [3.8, 4) is 0 Å². The lowest BCUT2D eigenvalue weighted by molar-refractivity contribution is -0.151. The molecule has 1 aliphatic carbocycles. The maximum absolute atomic E-state index is 12.5. The number of unbranched alkanes of at least 4 members (excludes halogenated alkanes) is 3. The van der Waals surface area contributed by atoms with Gasteiger partial charge in [0.05, 0.1) is 11.5 Å². The van der Waals surface area contributed by atoms with Gasteiger partial charge in [0.1, 0.15) is 0 Å². The third kappa shape index (κ3) is 3.99. The van der Waals surface area contributed by atoms with E-state index >= 15 is 0 Å². The number of esters is 1. The van der Waals surface area contributed by atoms with Gasteiger partial charge in [0.15, 0.2) is 0 Å². The fraction of sp³-hybridized carbons (Fsp3) is 0.611. The Morgan fingerprint density at radius 2 is 1.90 bits per heavy atom. The zero-order valence-electron chi connectivity index (χ0n) is 13.2. The molecule has 1 unspecified atom stereocenters. The molecule has 1 saturated carbocycles. The summed E-state index contributed by atoms with van der Waals surface area (Å²) in [5, 5.41) is 0. The van der Waals surface area contributed by atoms with Crippen molar-refractivity contribution in [1.82, 2.24) is 0 Å². The largest absolute Gasteiger partial charge is 0.462 e. The van der Waals surface area contributed by atoms with Gasteiger partial charge >= 0.3 is 5.97 Å². The van der Waals surface area contributed by atoms with Crippen molar-refractivity contribution in [1.29, 1.82) is 0 Å². The Labute approximate surface area is 127 Å². The van der Waals surface area contributed by atoms with Crippen molar-refractivity contribution in [3.05, 3.63) is 29.8 Å². The van der Waals surface area contributed by atoms with E-state index in [1.54, 1.807) is 0 Å². The van der Waals surface area contributed by atoms with Crippen LogP contribution in [-0.2, 0) is 14.9 Å². The molecule has 0 saturated heterocycles. The van der Waals surface area contributed by atoms with E-state index in [-0.39, 0.29) is 12.1 Å². The molecule has 1 aromatic rings. The maximum atomic E-state index is 12.5. The first kappa shape index (κ1) is 15.9. The van der Waals surface area contributed by atoms with Crippen molar-refractivity contribution < 1.29 is 9.53 Å². The van der Waals surface area contributed by atoms with Crippen molar-refractivity contribution in [2.45, 2.75) is 70.3 Å². The summed E-state index contributed by atoms with van der Waals surface area (Å²) in [6, 6.07) is 7.62. The number of nitrogen functional groups attached to an aromatic ring is 1. The second kappa shape index (κ2) is 6.97. The first-order chi connectivity index (χ1) is 10.1. The minimum absolute atomic E-state index is 0.0145. The highest BCUT2D eigenvalue weighted by Crippen LogP contribution is 2.49. The van der Waals surface area contributed by atoms with Crippen LogP contribution in [-0.4, -0.2) is 12.1 Å². The monoisotopic (exact) mass is 289 g/mol. The zero-order chi connectivity index (χ0) is 15.3. The number of carbonyl (C=O) groups is 1. The van der Waals surface area contributed by atoms with Crippen LogP contribution >= 0.6 is 0 Å². The highest BCUT2D eigenvalue weighted by atomic mass is 16.5. The number of carbonyl (C=O) groups excluding carboxylic acids is 1. The van der Waals surface area contributed by atoms with Crippen LogP contribution in [0.25, 0.3) is 0 Å². The molecule has 2 rings (SSSR count). The number of nitrogens with two attached hydrogens (primary N) is 1. The standard InChI is InChI=1S/C18H27NO2/c1-3-4-5-6-7-14(2)21-17(20)18(12-13-18)15-8-10-16(19)11-9-15/h8-11,14H,3-7,12-13,19H2,1-2H3. The number of rotatable bonds is 8. The van der Waals surface area contributed by atoms with E-state index < -0.39 is 5.41 Å². The molecule has 3 heteroatoms. The van der Waals surface area contributed by atoms with Crippen LogP contribution in [0.15, 0.2) is 24.3 Å². The Morgan fingerprint density at radius 1 is 1.24 bits per heavy atom. The van der Waals surface area contributed by atoms with Crippen LogP contribution in [0.1, 0.15) is 64.4 Å². The van der Waals surface area contributed by atoms with Gasteiger partial charge in [-0.1, -0.05) is 38.3 Å². The Bertz CT molecular complexity index is 463. The van der Waals surface area contributed by atoms with Crippen LogP contribution in [0.4, 0.5) is 5.69 Å². The third-order valence-corrected chi connectivity index (χ3v) is 4.38. The van der Waals surface area contributed by atoms with Crippen LogP contribution in [0.3, 0.4) is 0 Å². The zero-order valence-corrected chi connectivity index (χ0v) is 13.2. The van der Waals surface area contributed by atoms with Crippen molar-refractivity contribution in [2.75, 3.05) is 5.73 Å². The molecule has 1 aromatic carbocycles. The molecule has 0 aromatic heterocycles. The number of hydrogen-bond acceptors (Lipinski definition) is 3. The molecule has 2 N–H and O–H groups in total. The predicted molar refractivity (Wildman–Crippen MR) is 86.1 cm³/mol. The molecule has 0 spiro atoms. The molecule has 0 radical (unpaired) electrons. The van der Waals surface area contributed by atoms with Crippen LogP contribution in [0, 0.1) is 0 Å². The SMILES string of the molecule is CCCCCCC(C)OC(=O)C1(c2ccc(N)cc2)CC1. The molecule has 1 atom stereocenters. The Kier molecular flexibility index (Phi) is 5.27. The second-order valence-corrected chi connectivity index (χ2v) is 6.27. The lowest BCUT2D eigenvalue weighted by Crippen LogP contribution is -2.27. The van der Waals surface area contributed by atoms with E-state index in [9.17, 15) is 4.79 Å². The van der Waals surface area contributed by atoms with Gasteiger partial charge in [-0.15, -0.1) is 0 Å². The van der Waals surface area contributed by atoms with E-state index in [1.807, 2.05) is 31.2 Å². The molecule has 0 heterocycles. The summed E-state index contributed by atoms with van der Waals surface area (Å²) in [6.07, 6.45) is 7.60.